The molecule has 0 unspecified atom stereocenters. The van der Waals surface area contributed by atoms with Gasteiger partial charge in [0.15, 0.2) is 11.5 Å². The molecule has 1 aromatic carbocycles. The molecule has 1 heterocycles. The topological polar surface area (TPSA) is 47.9 Å². The smallest absolute Gasteiger partial charge is 0.235 e. The SMILES string of the molecule is Cc1c(C2(N=C=O)CCCC2)cc(Br)c2c1OCCCO2. The Morgan fingerprint density at radius 1 is 1.19 bits per heavy atom. The molecule has 1 aromatic rings. The van der Waals surface area contributed by atoms with Crippen molar-refractivity contribution in [2.75, 3.05) is 13.2 Å². The molecule has 0 N–H and O–H groups in total. The molecule has 0 amide bonds. The molecule has 1 aliphatic carbocycles. The van der Waals surface area contributed by atoms with Gasteiger partial charge in [0.25, 0.3) is 0 Å². The van der Waals surface area contributed by atoms with Crippen LogP contribution in [0.3, 0.4) is 0 Å². The molecule has 0 radical (unpaired) electrons. The standard InChI is InChI=1S/C16H18BrNO3/c1-11-12(16(18-10-19)5-2-3-6-16)9-13(17)15-14(11)20-7-4-8-21-15/h9H,2-8H2,1H3. The van der Waals surface area contributed by atoms with Crippen LogP contribution in [0.1, 0.15) is 43.2 Å². The first-order valence-electron chi connectivity index (χ1n) is 7.36. The normalized spacial score (nSPS) is 19.7. The summed E-state index contributed by atoms with van der Waals surface area (Å²) >= 11 is 3.58. The van der Waals surface area contributed by atoms with Crippen LogP contribution in [0.15, 0.2) is 15.5 Å². The summed E-state index contributed by atoms with van der Waals surface area (Å²) < 4.78 is 12.5. The number of ether oxygens (including phenoxy) is 2. The Bertz CT molecular complexity index is 602. The molecule has 2 aliphatic rings. The molecule has 1 fully saturated rings. The second kappa shape index (κ2) is 5.82. The van der Waals surface area contributed by atoms with E-state index in [1.807, 2.05) is 13.0 Å². The van der Waals surface area contributed by atoms with Gasteiger partial charge in [-0.05, 0) is 47.3 Å². The van der Waals surface area contributed by atoms with Crippen LogP contribution in [0.5, 0.6) is 11.5 Å². The first-order valence-corrected chi connectivity index (χ1v) is 8.15. The van der Waals surface area contributed by atoms with Crippen LogP contribution >= 0.6 is 15.9 Å². The molecular weight excluding hydrogens is 334 g/mol. The number of nitrogens with zero attached hydrogens (tertiary/aromatic N) is 1. The van der Waals surface area contributed by atoms with Crippen molar-refractivity contribution < 1.29 is 14.3 Å². The lowest BCUT2D eigenvalue weighted by atomic mass is 9.85. The quantitative estimate of drug-likeness (QED) is 0.597. The average Bonchev–Trinajstić information content (AvgIpc) is 2.79. The second-order valence-corrected chi connectivity index (χ2v) is 6.54. The van der Waals surface area contributed by atoms with Gasteiger partial charge >= 0.3 is 0 Å². The van der Waals surface area contributed by atoms with E-state index in [1.165, 1.54) is 0 Å². The Labute approximate surface area is 132 Å². The molecule has 4 nitrogen and oxygen atoms in total. The van der Waals surface area contributed by atoms with E-state index in [-0.39, 0.29) is 0 Å². The van der Waals surface area contributed by atoms with Crippen LogP contribution in [0.4, 0.5) is 0 Å². The maximum absolute atomic E-state index is 10.9. The maximum Gasteiger partial charge on any atom is 0.235 e. The fourth-order valence-corrected chi connectivity index (χ4v) is 3.91. The monoisotopic (exact) mass is 351 g/mol. The molecule has 21 heavy (non-hydrogen) atoms. The summed E-state index contributed by atoms with van der Waals surface area (Å²) in [6.45, 7) is 3.32. The molecule has 0 bridgehead atoms. The largest absolute Gasteiger partial charge is 0.489 e. The van der Waals surface area contributed by atoms with Crippen LogP contribution in [-0.2, 0) is 10.3 Å². The van der Waals surface area contributed by atoms with E-state index in [0.717, 1.165) is 59.2 Å². The van der Waals surface area contributed by atoms with Crippen LogP contribution in [0.25, 0.3) is 0 Å². The van der Waals surface area contributed by atoms with E-state index in [0.29, 0.717) is 13.2 Å². The number of fused-ring (bicyclic) bond motifs is 1. The molecule has 1 aliphatic heterocycles. The number of benzene rings is 1. The molecule has 112 valence electrons. The second-order valence-electron chi connectivity index (χ2n) is 5.68. The molecule has 0 saturated heterocycles. The minimum atomic E-state index is -0.445. The number of hydrogen-bond acceptors (Lipinski definition) is 4. The summed E-state index contributed by atoms with van der Waals surface area (Å²) in [4.78, 5) is 15.1. The van der Waals surface area contributed by atoms with E-state index < -0.39 is 5.54 Å². The van der Waals surface area contributed by atoms with Gasteiger partial charge < -0.3 is 9.47 Å². The van der Waals surface area contributed by atoms with Crippen molar-refractivity contribution in [3.8, 4) is 11.5 Å². The lowest BCUT2D eigenvalue weighted by molar-refractivity contribution is 0.295. The van der Waals surface area contributed by atoms with Crippen molar-refractivity contribution in [3.63, 3.8) is 0 Å². The highest BCUT2D eigenvalue weighted by Gasteiger charge is 2.38. The van der Waals surface area contributed by atoms with E-state index in [4.69, 9.17) is 9.47 Å². The summed E-state index contributed by atoms with van der Waals surface area (Å²) in [5.74, 6) is 1.54. The zero-order valence-corrected chi connectivity index (χ0v) is 13.7. The third-order valence-corrected chi connectivity index (χ3v) is 5.00. The number of hydrogen-bond donors (Lipinski definition) is 0. The van der Waals surface area contributed by atoms with Crippen molar-refractivity contribution >= 4 is 22.0 Å². The van der Waals surface area contributed by atoms with Gasteiger partial charge in [-0.3, -0.25) is 0 Å². The lowest BCUT2D eigenvalue weighted by Crippen LogP contribution is -2.21. The highest BCUT2D eigenvalue weighted by molar-refractivity contribution is 9.10. The molecule has 0 atom stereocenters. The Hall–Kier alpha value is -1.32. The third kappa shape index (κ3) is 2.49. The Kier molecular flexibility index (Phi) is 4.05. The number of aliphatic imine (C=N–C) groups is 1. The van der Waals surface area contributed by atoms with Crippen LogP contribution in [-0.4, -0.2) is 19.3 Å². The Morgan fingerprint density at radius 3 is 2.52 bits per heavy atom. The fourth-order valence-electron chi connectivity index (χ4n) is 3.39. The van der Waals surface area contributed by atoms with E-state index in [2.05, 4.69) is 20.9 Å². The number of rotatable bonds is 2. The summed E-state index contributed by atoms with van der Waals surface area (Å²) in [6.07, 6.45) is 6.57. The van der Waals surface area contributed by atoms with Gasteiger partial charge in [0, 0.05) is 12.0 Å². The fraction of sp³-hybridized carbons (Fsp3) is 0.562. The predicted molar refractivity (Wildman–Crippen MR) is 82.8 cm³/mol. The lowest BCUT2D eigenvalue weighted by Gasteiger charge is -2.27. The van der Waals surface area contributed by atoms with Gasteiger partial charge in [0.05, 0.1) is 23.2 Å². The molecule has 3 rings (SSSR count). The number of isocyanates is 1. The number of halogens is 1. The van der Waals surface area contributed by atoms with Crippen molar-refractivity contribution in [1.29, 1.82) is 0 Å². The molecule has 0 spiro atoms. The third-order valence-electron chi connectivity index (χ3n) is 4.41. The predicted octanol–water partition coefficient (Wildman–Crippen LogP) is 4.02. The van der Waals surface area contributed by atoms with Crippen LogP contribution < -0.4 is 9.47 Å². The first kappa shape index (κ1) is 14.6. The van der Waals surface area contributed by atoms with E-state index >= 15 is 0 Å². The summed E-state index contributed by atoms with van der Waals surface area (Å²) in [7, 11) is 0. The van der Waals surface area contributed by atoms with Gasteiger partial charge in [0.2, 0.25) is 6.08 Å². The van der Waals surface area contributed by atoms with Crippen molar-refractivity contribution in [3.05, 3.63) is 21.7 Å². The minimum absolute atomic E-state index is 0.445. The number of carbonyl (C=O) groups excluding carboxylic acids is 1. The summed E-state index contributed by atoms with van der Waals surface area (Å²) in [5.41, 5.74) is 1.63. The summed E-state index contributed by atoms with van der Waals surface area (Å²) in [6, 6.07) is 2.04. The van der Waals surface area contributed by atoms with Gasteiger partial charge in [-0.2, -0.15) is 4.99 Å². The average molecular weight is 352 g/mol. The van der Waals surface area contributed by atoms with Crippen molar-refractivity contribution in [2.24, 2.45) is 4.99 Å². The maximum atomic E-state index is 10.9. The van der Waals surface area contributed by atoms with Gasteiger partial charge in [0.1, 0.15) is 0 Å². The van der Waals surface area contributed by atoms with Crippen molar-refractivity contribution in [2.45, 2.75) is 44.6 Å². The highest BCUT2D eigenvalue weighted by Crippen LogP contribution is 2.49. The summed E-state index contributed by atoms with van der Waals surface area (Å²) in [5, 5.41) is 0. The Balaban J connectivity index is 2.17. The molecule has 0 aromatic heterocycles. The van der Waals surface area contributed by atoms with Gasteiger partial charge in [-0.1, -0.05) is 12.8 Å². The zero-order chi connectivity index (χ0) is 14.9. The van der Waals surface area contributed by atoms with E-state index in [9.17, 15) is 4.79 Å². The highest BCUT2D eigenvalue weighted by atomic mass is 79.9. The van der Waals surface area contributed by atoms with Gasteiger partial charge in [-0.25, -0.2) is 4.79 Å². The van der Waals surface area contributed by atoms with Crippen LogP contribution in [0, 0.1) is 6.92 Å². The minimum Gasteiger partial charge on any atom is -0.489 e. The van der Waals surface area contributed by atoms with E-state index in [1.54, 1.807) is 6.08 Å². The van der Waals surface area contributed by atoms with Crippen molar-refractivity contribution in [1.82, 2.24) is 0 Å². The van der Waals surface area contributed by atoms with Gasteiger partial charge in [-0.15, -0.1) is 0 Å². The molecule has 5 heteroatoms. The Morgan fingerprint density at radius 2 is 1.86 bits per heavy atom. The molecule has 1 saturated carbocycles. The molecular formula is C16H18BrNO3. The first-order chi connectivity index (χ1) is 10.2. The van der Waals surface area contributed by atoms with Crippen LogP contribution in [0.2, 0.25) is 0 Å². The zero-order valence-electron chi connectivity index (χ0n) is 12.1.